The summed E-state index contributed by atoms with van der Waals surface area (Å²) in [5.41, 5.74) is -0.754. The van der Waals surface area contributed by atoms with Gasteiger partial charge < -0.3 is 18.6 Å². The molecular weight excluding hydrogens is 296 g/mol. The van der Waals surface area contributed by atoms with Gasteiger partial charge >= 0.3 is 11.6 Å². The topological polar surface area (TPSA) is 75.0 Å². The minimum Gasteiger partial charge on any atom is -0.483 e. The standard InChI is InChI=1S/C10H11BrO6/c1-14-3-4-16-8-6(11)5-7(9(12)15-2)17-10(8)13/h5H,3-4H2,1-2H3. The van der Waals surface area contributed by atoms with Gasteiger partial charge in [0.2, 0.25) is 11.5 Å². The molecule has 1 rings (SSSR count). The Balaban J connectivity index is 2.94. The molecule has 0 aliphatic rings. The van der Waals surface area contributed by atoms with Crippen molar-refractivity contribution in [2.45, 2.75) is 0 Å². The van der Waals surface area contributed by atoms with E-state index in [-0.39, 0.29) is 18.1 Å². The van der Waals surface area contributed by atoms with Crippen molar-refractivity contribution < 1.29 is 23.4 Å². The van der Waals surface area contributed by atoms with Gasteiger partial charge in [0.25, 0.3) is 0 Å². The Morgan fingerprint density at radius 2 is 2.12 bits per heavy atom. The van der Waals surface area contributed by atoms with Gasteiger partial charge in [0.05, 0.1) is 18.2 Å². The normalized spacial score (nSPS) is 10.1. The lowest BCUT2D eigenvalue weighted by Crippen LogP contribution is -2.14. The number of carbonyl (C=O) groups is 1. The first-order valence-corrected chi connectivity index (χ1v) is 5.43. The molecule has 0 amide bonds. The highest BCUT2D eigenvalue weighted by atomic mass is 79.9. The van der Waals surface area contributed by atoms with E-state index < -0.39 is 11.6 Å². The third-order valence-electron chi connectivity index (χ3n) is 1.78. The van der Waals surface area contributed by atoms with Crippen molar-refractivity contribution in [1.29, 1.82) is 0 Å². The number of halogens is 1. The van der Waals surface area contributed by atoms with Crippen molar-refractivity contribution in [2.75, 3.05) is 27.4 Å². The summed E-state index contributed by atoms with van der Waals surface area (Å²) >= 11 is 3.11. The zero-order chi connectivity index (χ0) is 12.8. The Morgan fingerprint density at radius 3 is 2.65 bits per heavy atom. The number of hydrogen-bond donors (Lipinski definition) is 0. The van der Waals surface area contributed by atoms with Gasteiger partial charge in [-0.15, -0.1) is 0 Å². The molecule has 17 heavy (non-hydrogen) atoms. The van der Waals surface area contributed by atoms with Gasteiger partial charge in [-0.05, 0) is 15.9 Å². The van der Waals surface area contributed by atoms with E-state index in [1.807, 2.05) is 0 Å². The van der Waals surface area contributed by atoms with E-state index in [4.69, 9.17) is 13.9 Å². The Hall–Kier alpha value is -1.34. The quantitative estimate of drug-likeness (QED) is 0.601. The molecule has 0 unspecified atom stereocenters. The van der Waals surface area contributed by atoms with Crippen LogP contribution in [0.2, 0.25) is 0 Å². The molecule has 0 aliphatic heterocycles. The fraction of sp³-hybridized carbons (Fsp3) is 0.400. The number of rotatable bonds is 5. The van der Waals surface area contributed by atoms with Crippen molar-refractivity contribution in [2.24, 2.45) is 0 Å². The minimum absolute atomic E-state index is 0.00490. The average molecular weight is 307 g/mol. The molecule has 0 atom stereocenters. The molecule has 7 heteroatoms. The van der Waals surface area contributed by atoms with Gasteiger partial charge in [0.15, 0.2) is 0 Å². The van der Waals surface area contributed by atoms with E-state index in [9.17, 15) is 9.59 Å². The van der Waals surface area contributed by atoms with Gasteiger partial charge in [-0.25, -0.2) is 9.59 Å². The van der Waals surface area contributed by atoms with Crippen LogP contribution in [-0.4, -0.2) is 33.4 Å². The number of methoxy groups -OCH3 is 2. The van der Waals surface area contributed by atoms with Gasteiger partial charge in [-0.3, -0.25) is 0 Å². The Bertz CT molecular complexity index is 453. The summed E-state index contributed by atoms with van der Waals surface area (Å²) in [6.45, 7) is 0.544. The minimum atomic E-state index is -0.754. The van der Waals surface area contributed by atoms with Gasteiger partial charge in [0, 0.05) is 13.2 Å². The molecule has 1 aromatic heterocycles. The predicted molar refractivity (Wildman–Crippen MR) is 61.4 cm³/mol. The molecular formula is C10H11BrO6. The molecule has 0 saturated carbocycles. The monoisotopic (exact) mass is 306 g/mol. The summed E-state index contributed by atoms with van der Waals surface area (Å²) in [6.07, 6.45) is 0. The number of ether oxygens (including phenoxy) is 3. The van der Waals surface area contributed by atoms with Gasteiger partial charge in [-0.1, -0.05) is 0 Å². The SMILES string of the molecule is COCCOc1c(Br)cc(C(=O)OC)oc1=O. The second-order valence-electron chi connectivity index (χ2n) is 2.91. The number of carbonyl (C=O) groups excluding carboxylic acids is 1. The largest absolute Gasteiger partial charge is 0.483 e. The first kappa shape index (κ1) is 13.7. The molecule has 0 aliphatic carbocycles. The lowest BCUT2D eigenvalue weighted by molar-refractivity contribution is 0.0557. The van der Waals surface area contributed by atoms with Crippen LogP contribution in [0.5, 0.6) is 5.75 Å². The van der Waals surface area contributed by atoms with Crippen LogP contribution in [0.15, 0.2) is 19.8 Å². The highest BCUT2D eigenvalue weighted by Gasteiger charge is 2.16. The zero-order valence-electron chi connectivity index (χ0n) is 9.32. The highest BCUT2D eigenvalue weighted by molar-refractivity contribution is 9.10. The molecule has 94 valence electrons. The smallest absolute Gasteiger partial charge is 0.380 e. The van der Waals surface area contributed by atoms with Crippen LogP contribution in [0.1, 0.15) is 10.6 Å². The molecule has 1 heterocycles. The van der Waals surface area contributed by atoms with Crippen molar-refractivity contribution in [3.63, 3.8) is 0 Å². The van der Waals surface area contributed by atoms with Crippen LogP contribution in [0, 0.1) is 0 Å². The van der Waals surface area contributed by atoms with Crippen LogP contribution in [-0.2, 0) is 9.47 Å². The molecule has 0 aromatic carbocycles. The third kappa shape index (κ3) is 3.57. The van der Waals surface area contributed by atoms with E-state index in [0.29, 0.717) is 11.1 Å². The van der Waals surface area contributed by atoms with Crippen LogP contribution < -0.4 is 10.4 Å². The van der Waals surface area contributed by atoms with Crippen molar-refractivity contribution in [1.82, 2.24) is 0 Å². The zero-order valence-corrected chi connectivity index (χ0v) is 10.9. The lowest BCUT2D eigenvalue weighted by atomic mass is 10.4. The molecule has 0 fully saturated rings. The summed E-state index contributed by atoms with van der Waals surface area (Å²) in [7, 11) is 2.71. The average Bonchev–Trinajstić information content (AvgIpc) is 2.31. The molecule has 1 aromatic rings. The molecule has 0 saturated heterocycles. The second-order valence-corrected chi connectivity index (χ2v) is 3.76. The first-order valence-electron chi connectivity index (χ1n) is 4.63. The van der Waals surface area contributed by atoms with Gasteiger partial charge in [-0.2, -0.15) is 0 Å². The summed E-state index contributed by atoms with van der Waals surface area (Å²) in [5.74, 6) is -0.926. The van der Waals surface area contributed by atoms with Crippen molar-refractivity contribution in [3.05, 3.63) is 26.7 Å². The Morgan fingerprint density at radius 1 is 1.41 bits per heavy atom. The molecule has 0 N–H and O–H groups in total. The van der Waals surface area contributed by atoms with E-state index in [1.54, 1.807) is 0 Å². The molecule has 6 nitrogen and oxygen atoms in total. The van der Waals surface area contributed by atoms with Crippen LogP contribution in [0.3, 0.4) is 0 Å². The number of hydrogen-bond acceptors (Lipinski definition) is 6. The maximum absolute atomic E-state index is 11.5. The van der Waals surface area contributed by atoms with E-state index in [0.717, 1.165) is 0 Å². The lowest BCUT2D eigenvalue weighted by Gasteiger charge is -2.06. The van der Waals surface area contributed by atoms with E-state index >= 15 is 0 Å². The number of esters is 1. The van der Waals surface area contributed by atoms with E-state index in [1.165, 1.54) is 20.3 Å². The Labute approximate surface area is 106 Å². The highest BCUT2D eigenvalue weighted by Crippen LogP contribution is 2.22. The summed E-state index contributed by atoms with van der Waals surface area (Å²) in [5, 5.41) is 0. The summed E-state index contributed by atoms with van der Waals surface area (Å²) < 4.78 is 19.4. The molecule has 0 radical (unpaired) electrons. The predicted octanol–water partition coefficient (Wildman–Crippen LogP) is 1.21. The maximum Gasteiger partial charge on any atom is 0.380 e. The fourth-order valence-corrected chi connectivity index (χ4v) is 1.49. The third-order valence-corrected chi connectivity index (χ3v) is 2.37. The fourth-order valence-electron chi connectivity index (χ4n) is 1.01. The Kier molecular flexibility index (Phi) is 5.17. The van der Waals surface area contributed by atoms with Crippen LogP contribution in [0.4, 0.5) is 0 Å². The summed E-state index contributed by atoms with van der Waals surface area (Å²) in [4.78, 5) is 22.7. The molecule has 0 bridgehead atoms. The van der Waals surface area contributed by atoms with Gasteiger partial charge in [0.1, 0.15) is 6.61 Å². The summed E-state index contributed by atoms with van der Waals surface area (Å²) in [6, 6.07) is 1.31. The maximum atomic E-state index is 11.5. The van der Waals surface area contributed by atoms with Crippen molar-refractivity contribution in [3.8, 4) is 5.75 Å². The van der Waals surface area contributed by atoms with Crippen LogP contribution in [0.25, 0.3) is 0 Å². The molecule has 0 spiro atoms. The first-order chi connectivity index (χ1) is 8.10. The second kappa shape index (κ2) is 6.41. The van der Waals surface area contributed by atoms with Crippen molar-refractivity contribution >= 4 is 21.9 Å². The van der Waals surface area contributed by atoms with Crippen LogP contribution >= 0.6 is 15.9 Å². The van der Waals surface area contributed by atoms with E-state index in [2.05, 4.69) is 20.7 Å².